The van der Waals surface area contributed by atoms with E-state index in [1.54, 1.807) is 0 Å². The van der Waals surface area contributed by atoms with Crippen molar-refractivity contribution in [3.8, 4) is 0 Å². The fourth-order valence-corrected chi connectivity index (χ4v) is 2.46. The van der Waals surface area contributed by atoms with E-state index in [1.165, 1.54) is 0 Å². The number of aryl methyl sites for hydroxylation is 2. The Morgan fingerprint density at radius 3 is 2.65 bits per heavy atom. The SMILES string of the molecule is Cc1noc(C)c1CCNC(=O)NC(CO)Cc1ccccc1. The largest absolute Gasteiger partial charge is 0.394 e. The van der Waals surface area contributed by atoms with Gasteiger partial charge in [-0.3, -0.25) is 0 Å². The number of nitrogens with zero attached hydrogens (tertiary/aromatic N) is 1. The summed E-state index contributed by atoms with van der Waals surface area (Å²) in [5.41, 5.74) is 2.94. The zero-order valence-electron chi connectivity index (χ0n) is 13.5. The lowest BCUT2D eigenvalue weighted by molar-refractivity contribution is 0.216. The Bertz CT molecular complexity index is 606. The van der Waals surface area contributed by atoms with Crippen LogP contribution in [0.1, 0.15) is 22.6 Å². The molecule has 0 aliphatic carbocycles. The van der Waals surface area contributed by atoms with Crippen molar-refractivity contribution in [1.82, 2.24) is 15.8 Å². The first-order valence-electron chi connectivity index (χ1n) is 7.71. The molecule has 23 heavy (non-hydrogen) atoms. The molecule has 1 atom stereocenters. The molecular weight excluding hydrogens is 294 g/mol. The molecule has 6 nitrogen and oxygen atoms in total. The van der Waals surface area contributed by atoms with Crippen LogP contribution in [0.15, 0.2) is 34.9 Å². The van der Waals surface area contributed by atoms with Crippen LogP contribution in [0.2, 0.25) is 0 Å². The lowest BCUT2D eigenvalue weighted by Crippen LogP contribution is -2.45. The number of aliphatic hydroxyl groups excluding tert-OH is 1. The third-order valence-corrected chi connectivity index (χ3v) is 3.72. The van der Waals surface area contributed by atoms with Crippen LogP contribution in [0.25, 0.3) is 0 Å². The third-order valence-electron chi connectivity index (χ3n) is 3.72. The quantitative estimate of drug-likeness (QED) is 0.726. The smallest absolute Gasteiger partial charge is 0.315 e. The van der Waals surface area contributed by atoms with Gasteiger partial charge in [0, 0.05) is 12.1 Å². The van der Waals surface area contributed by atoms with E-state index in [0.29, 0.717) is 19.4 Å². The van der Waals surface area contributed by atoms with Gasteiger partial charge in [0.1, 0.15) is 5.76 Å². The summed E-state index contributed by atoms with van der Waals surface area (Å²) < 4.78 is 5.09. The van der Waals surface area contributed by atoms with E-state index in [9.17, 15) is 9.90 Å². The Morgan fingerprint density at radius 2 is 2.04 bits per heavy atom. The highest BCUT2D eigenvalue weighted by molar-refractivity contribution is 5.74. The van der Waals surface area contributed by atoms with Crippen LogP contribution in [0.5, 0.6) is 0 Å². The van der Waals surface area contributed by atoms with Crippen molar-refractivity contribution in [3.05, 3.63) is 52.9 Å². The Labute approximate surface area is 135 Å². The van der Waals surface area contributed by atoms with Gasteiger partial charge in [-0.25, -0.2) is 4.79 Å². The Balaban J connectivity index is 1.77. The summed E-state index contributed by atoms with van der Waals surface area (Å²) in [5.74, 6) is 0.780. The number of nitrogens with one attached hydrogen (secondary N) is 2. The summed E-state index contributed by atoms with van der Waals surface area (Å²) in [6.45, 7) is 4.12. The van der Waals surface area contributed by atoms with Gasteiger partial charge in [-0.2, -0.15) is 0 Å². The number of carbonyl (C=O) groups excluding carboxylic acids is 1. The molecule has 0 aliphatic rings. The van der Waals surface area contributed by atoms with E-state index >= 15 is 0 Å². The summed E-state index contributed by atoms with van der Waals surface area (Å²) in [6, 6.07) is 9.16. The van der Waals surface area contributed by atoms with E-state index in [0.717, 1.165) is 22.6 Å². The summed E-state index contributed by atoms with van der Waals surface area (Å²) >= 11 is 0. The highest BCUT2D eigenvalue weighted by Gasteiger charge is 2.13. The Hall–Kier alpha value is -2.34. The van der Waals surface area contributed by atoms with Crippen LogP contribution in [0.4, 0.5) is 4.79 Å². The predicted molar refractivity (Wildman–Crippen MR) is 87.2 cm³/mol. The minimum atomic E-state index is -0.309. The molecule has 6 heteroatoms. The Morgan fingerprint density at radius 1 is 1.30 bits per heavy atom. The first-order chi connectivity index (χ1) is 11.1. The van der Waals surface area contributed by atoms with Crippen LogP contribution in [0.3, 0.4) is 0 Å². The molecule has 1 aromatic carbocycles. The highest BCUT2D eigenvalue weighted by Crippen LogP contribution is 2.12. The van der Waals surface area contributed by atoms with E-state index in [2.05, 4.69) is 15.8 Å². The molecular formula is C17H23N3O3. The van der Waals surface area contributed by atoms with Crippen LogP contribution >= 0.6 is 0 Å². The number of amides is 2. The van der Waals surface area contributed by atoms with Gasteiger partial charge in [-0.15, -0.1) is 0 Å². The van der Waals surface area contributed by atoms with Crippen LogP contribution in [-0.4, -0.2) is 35.5 Å². The minimum Gasteiger partial charge on any atom is -0.394 e. The lowest BCUT2D eigenvalue weighted by atomic mass is 10.1. The average Bonchev–Trinajstić information content (AvgIpc) is 2.87. The first kappa shape index (κ1) is 17.0. The molecule has 124 valence electrons. The molecule has 0 saturated carbocycles. The van der Waals surface area contributed by atoms with Crippen molar-refractivity contribution < 1.29 is 14.4 Å². The third kappa shape index (κ3) is 5.10. The molecule has 0 bridgehead atoms. The highest BCUT2D eigenvalue weighted by atomic mass is 16.5. The van der Waals surface area contributed by atoms with Gasteiger partial charge in [-0.1, -0.05) is 35.5 Å². The van der Waals surface area contributed by atoms with Crippen molar-refractivity contribution in [2.45, 2.75) is 32.7 Å². The average molecular weight is 317 g/mol. The fraction of sp³-hybridized carbons (Fsp3) is 0.412. The molecule has 1 aromatic heterocycles. The molecule has 0 aliphatic heterocycles. The number of rotatable bonds is 7. The number of aromatic nitrogens is 1. The van der Waals surface area contributed by atoms with Crippen molar-refractivity contribution >= 4 is 6.03 Å². The zero-order chi connectivity index (χ0) is 16.7. The maximum absolute atomic E-state index is 11.9. The van der Waals surface area contributed by atoms with Crippen LogP contribution < -0.4 is 10.6 Å². The zero-order valence-corrected chi connectivity index (χ0v) is 13.5. The number of aliphatic hydroxyl groups is 1. The summed E-state index contributed by atoms with van der Waals surface area (Å²) in [4.78, 5) is 11.9. The molecule has 0 fully saturated rings. The molecule has 0 radical (unpaired) electrons. The number of benzene rings is 1. The lowest BCUT2D eigenvalue weighted by Gasteiger charge is -2.17. The van der Waals surface area contributed by atoms with E-state index < -0.39 is 0 Å². The van der Waals surface area contributed by atoms with Gasteiger partial charge < -0.3 is 20.3 Å². The van der Waals surface area contributed by atoms with E-state index in [4.69, 9.17) is 4.52 Å². The monoisotopic (exact) mass is 317 g/mol. The second-order valence-electron chi connectivity index (χ2n) is 5.52. The predicted octanol–water partition coefficient (Wildman–Crippen LogP) is 1.74. The summed E-state index contributed by atoms with van der Waals surface area (Å²) in [7, 11) is 0. The summed E-state index contributed by atoms with van der Waals surface area (Å²) in [5, 5.41) is 18.9. The Kier molecular flexibility index (Phi) is 6.17. The van der Waals surface area contributed by atoms with Gasteiger partial charge in [0.2, 0.25) is 0 Å². The van der Waals surface area contributed by atoms with Gasteiger partial charge in [0.05, 0.1) is 18.3 Å². The van der Waals surface area contributed by atoms with E-state index in [1.807, 2.05) is 44.2 Å². The number of urea groups is 1. The van der Waals surface area contributed by atoms with Crippen LogP contribution in [0, 0.1) is 13.8 Å². The maximum Gasteiger partial charge on any atom is 0.315 e. The van der Waals surface area contributed by atoms with Gasteiger partial charge in [-0.05, 0) is 32.3 Å². The maximum atomic E-state index is 11.9. The molecule has 0 saturated heterocycles. The number of hydrogen-bond acceptors (Lipinski definition) is 4. The second-order valence-corrected chi connectivity index (χ2v) is 5.52. The fourth-order valence-electron chi connectivity index (χ4n) is 2.46. The molecule has 0 spiro atoms. The molecule has 3 N–H and O–H groups in total. The van der Waals surface area contributed by atoms with Gasteiger partial charge in [0.25, 0.3) is 0 Å². The summed E-state index contributed by atoms with van der Waals surface area (Å²) in [6.07, 6.45) is 1.26. The molecule has 2 aromatic rings. The molecule has 2 amide bonds. The van der Waals surface area contributed by atoms with Gasteiger partial charge >= 0.3 is 6.03 Å². The van der Waals surface area contributed by atoms with E-state index in [-0.39, 0.29) is 18.7 Å². The minimum absolute atomic E-state index is 0.105. The van der Waals surface area contributed by atoms with Gasteiger partial charge in [0.15, 0.2) is 0 Å². The van der Waals surface area contributed by atoms with Crippen molar-refractivity contribution in [2.24, 2.45) is 0 Å². The van der Waals surface area contributed by atoms with Crippen LogP contribution in [-0.2, 0) is 12.8 Å². The molecule has 2 rings (SSSR count). The molecule has 1 unspecified atom stereocenters. The van der Waals surface area contributed by atoms with Crippen molar-refractivity contribution in [3.63, 3.8) is 0 Å². The number of hydrogen-bond donors (Lipinski definition) is 3. The van der Waals surface area contributed by atoms with Crippen molar-refractivity contribution in [1.29, 1.82) is 0 Å². The number of carbonyl (C=O) groups is 1. The molecule has 1 heterocycles. The second kappa shape index (κ2) is 8.33. The standard InChI is InChI=1S/C17H23N3O3/c1-12-16(13(2)23-20-12)8-9-18-17(22)19-15(11-21)10-14-6-4-3-5-7-14/h3-7,15,21H,8-11H2,1-2H3,(H2,18,19,22). The van der Waals surface area contributed by atoms with Crippen molar-refractivity contribution in [2.75, 3.05) is 13.2 Å². The normalized spacial score (nSPS) is 12.0. The first-order valence-corrected chi connectivity index (χ1v) is 7.71. The topological polar surface area (TPSA) is 87.4 Å².